The molecule has 0 radical (unpaired) electrons. The van der Waals surface area contributed by atoms with E-state index in [0.29, 0.717) is 5.92 Å². The Labute approximate surface area is 229 Å². The molecule has 202 valence electrons. The molecule has 1 aliphatic carbocycles. The first kappa shape index (κ1) is 26.8. The second kappa shape index (κ2) is 10.1. The summed E-state index contributed by atoms with van der Waals surface area (Å²) < 4.78 is 2.15. The van der Waals surface area contributed by atoms with Gasteiger partial charge in [0.25, 0.3) is 0 Å². The van der Waals surface area contributed by atoms with Crippen LogP contribution in [-0.4, -0.2) is 43.6 Å². The Morgan fingerprint density at radius 3 is 2.39 bits per heavy atom. The molecule has 0 bridgehead atoms. The zero-order valence-corrected chi connectivity index (χ0v) is 24.5. The number of benzene rings is 1. The van der Waals surface area contributed by atoms with Gasteiger partial charge in [-0.25, -0.2) is 4.98 Å². The number of likely N-dealkylation sites (tertiary alicyclic amines) is 1. The summed E-state index contributed by atoms with van der Waals surface area (Å²) in [6.45, 7) is 18.2. The Hall–Kier alpha value is -2.76. The van der Waals surface area contributed by atoms with Crippen LogP contribution in [-0.2, 0) is 7.05 Å². The highest BCUT2D eigenvalue weighted by molar-refractivity contribution is 5.89. The van der Waals surface area contributed by atoms with Crippen LogP contribution in [0.2, 0.25) is 0 Å². The standard InChI is InChI=1S/C33H45N5/c1-22-11-12-25-26(18-22)27(31(36-32(2,3)4)28-20-34-21-37(28)8)19-24-10-9-15-35-30(24)29(25)23-13-16-38(17-14-23)33(5,6)7/h9-12,15,18-21,23,29,31,36H,13-14,16-17H2,1-8H3/t29-,31+/m1/s1. The molecule has 1 fully saturated rings. The zero-order valence-electron chi connectivity index (χ0n) is 24.5. The molecule has 1 aliphatic heterocycles. The maximum absolute atomic E-state index is 5.08. The van der Waals surface area contributed by atoms with Crippen LogP contribution in [0.25, 0.3) is 11.6 Å². The SMILES string of the molecule is Cc1ccc2c(c1)C([C@H](NC(C)(C)C)c1cncn1C)=Cc1cccnc1[C@@H]2C1CCN(C(C)(C)C)CC1. The van der Waals surface area contributed by atoms with Gasteiger partial charge in [-0.2, -0.15) is 0 Å². The van der Waals surface area contributed by atoms with E-state index in [9.17, 15) is 0 Å². The topological polar surface area (TPSA) is 46.0 Å². The lowest BCUT2D eigenvalue weighted by atomic mass is 9.75. The Kier molecular flexibility index (Phi) is 7.12. The van der Waals surface area contributed by atoms with Crippen molar-refractivity contribution in [3.8, 4) is 0 Å². The van der Waals surface area contributed by atoms with E-state index >= 15 is 0 Å². The smallest absolute Gasteiger partial charge is 0.0946 e. The molecule has 0 amide bonds. The number of piperidine rings is 1. The van der Waals surface area contributed by atoms with Crippen LogP contribution < -0.4 is 5.32 Å². The Morgan fingerprint density at radius 2 is 1.76 bits per heavy atom. The van der Waals surface area contributed by atoms with Crippen LogP contribution in [0.5, 0.6) is 0 Å². The maximum Gasteiger partial charge on any atom is 0.0946 e. The Balaban J connectivity index is 1.67. The van der Waals surface area contributed by atoms with Gasteiger partial charge in [-0.3, -0.25) is 9.88 Å². The molecule has 2 aliphatic rings. The lowest BCUT2D eigenvalue weighted by Gasteiger charge is -2.43. The first-order chi connectivity index (χ1) is 17.9. The lowest BCUT2D eigenvalue weighted by Crippen LogP contribution is -2.47. The number of rotatable bonds is 4. The second-order valence-corrected chi connectivity index (χ2v) is 13.4. The summed E-state index contributed by atoms with van der Waals surface area (Å²) in [5.41, 5.74) is 9.10. The molecule has 5 rings (SSSR count). The van der Waals surface area contributed by atoms with Gasteiger partial charge in [0, 0.05) is 30.2 Å². The molecule has 1 N–H and O–H groups in total. The molecule has 2 atom stereocenters. The number of hydrogen-bond acceptors (Lipinski definition) is 4. The molecule has 1 aromatic carbocycles. The minimum Gasteiger partial charge on any atom is -0.336 e. The van der Waals surface area contributed by atoms with Crippen molar-refractivity contribution in [1.82, 2.24) is 24.8 Å². The fourth-order valence-corrected chi connectivity index (χ4v) is 6.41. The molecule has 3 aromatic rings. The first-order valence-electron chi connectivity index (χ1n) is 14.2. The molecule has 2 aromatic heterocycles. The minimum absolute atomic E-state index is 0.00223. The average Bonchev–Trinajstić information content (AvgIpc) is 3.21. The van der Waals surface area contributed by atoms with Crippen LogP contribution >= 0.6 is 0 Å². The number of hydrogen-bond donors (Lipinski definition) is 1. The summed E-state index contributed by atoms with van der Waals surface area (Å²) in [7, 11) is 2.09. The van der Waals surface area contributed by atoms with E-state index in [1.807, 2.05) is 18.7 Å². The van der Waals surface area contributed by atoms with Gasteiger partial charge in [0.15, 0.2) is 0 Å². The number of nitrogens with one attached hydrogen (secondary N) is 1. The fourth-order valence-electron chi connectivity index (χ4n) is 6.41. The molecule has 3 heterocycles. The molecule has 5 heteroatoms. The monoisotopic (exact) mass is 511 g/mol. The van der Waals surface area contributed by atoms with Gasteiger partial charge in [0.1, 0.15) is 0 Å². The summed E-state index contributed by atoms with van der Waals surface area (Å²) in [5.74, 6) is 0.835. The van der Waals surface area contributed by atoms with E-state index in [-0.39, 0.29) is 23.0 Å². The van der Waals surface area contributed by atoms with E-state index in [1.165, 1.54) is 52.1 Å². The third kappa shape index (κ3) is 5.37. The number of nitrogens with zero attached hydrogens (tertiary/aromatic N) is 4. The van der Waals surface area contributed by atoms with Gasteiger partial charge in [-0.1, -0.05) is 29.8 Å². The molecule has 38 heavy (non-hydrogen) atoms. The summed E-state index contributed by atoms with van der Waals surface area (Å²) in [6, 6.07) is 11.4. The van der Waals surface area contributed by atoms with Crippen molar-refractivity contribution in [3.63, 3.8) is 0 Å². The van der Waals surface area contributed by atoms with E-state index in [2.05, 4.69) is 112 Å². The van der Waals surface area contributed by atoms with E-state index in [1.54, 1.807) is 0 Å². The third-order valence-electron chi connectivity index (χ3n) is 8.33. The maximum atomic E-state index is 5.08. The van der Waals surface area contributed by atoms with Crippen molar-refractivity contribution in [1.29, 1.82) is 0 Å². The number of aryl methyl sites for hydroxylation is 2. The third-order valence-corrected chi connectivity index (χ3v) is 8.33. The second-order valence-electron chi connectivity index (χ2n) is 13.4. The van der Waals surface area contributed by atoms with Crippen molar-refractivity contribution >= 4 is 11.6 Å². The predicted octanol–water partition coefficient (Wildman–Crippen LogP) is 6.75. The van der Waals surface area contributed by atoms with Gasteiger partial charge < -0.3 is 9.88 Å². The normalized spacial score (nSPS) is 19.9. The van der Waals surface area contributed by atoms with Crippen LogP contribution in [0.3, 0.4) is 0 Å². The fraction of sp³-hybridized carbons (Fsp3) is 0.515. The lowest BCUT2D eigenvalue weighted by molar-refractivity contribution is 0.0831. The molecule has 5 nitrogen and oxygen atoms in total. The van der Waals surface area contributed by atoms with E-state index < -0.39 is 0 Å². The van der Waals surface area contributed by atoms with E-state index in [0.717, 1.165) is 13.1 Å². The number of aromatic nitrogens is 3. The van der Waals surface area contributed by atoms with Crippen molar-refractivity contribution in [2.45, 2.75) is 84.3 Å². The summed E-state index contributed by atoms with van der Waals surface area (Å²) in [5, 5.41) is 3.95. The van der Waals surface area contributed by atoms with Gasteiger partial charge in [0.05, 0.1) is 30.0 Å². The Morgan fingerprint density at radius 1 is 1.03 bits per heavy atom. The van der Waals surface area contributed by atoms with E-state index in [4.69, 9.17) is 4.98 Å². The van der Waals surface area contributed by atoms with Gasteiger partial charge in [-0.15, -0.1) is 0 Å². The highest BCUT2D eigenvalue weighted by Gasteiger charge is 2.38. The molecule has 0 unspecified atom stereocenters. The minimum atomic E-state index is -0.0803. The van der Waals surface area contributed by atoms with Crippen molar-refractivity contribution in [3.05, 3.63) is 82.7 Å². The van der Waals surface area contributed by atoms with Crippen LogP contribution in [0.4, 0.5) is 0 Å². The van der Waals surface area contributed by atoms with Gasteiger partial charge in [-0.05, 0) is 115 Å². The van der Waals surface area contributed by atoms with Crippen LogP contribution in [0.15, 0.2) is 49.1 Å². The number of pyridine rings is 1. The highest BCUT2D eigenvalue weighted by Crippen LogP contribution is 2.47. The summed E-state index contributed by atoms with van der Waals surface area (Å²) in [4.78, 5) is 12.2. The molecular weight excluding hydrogens is 466 g/mol. The average molecular weight is 512 g/mol. The summed E-state index contributed by atoms with van der Waals surface area (Å²) >= 11 is 0. The molecule has 0 saturated carbocycles. The predicted molar refractivity (Wildman–Crippen MR) is 158 cm³/mol. The van der Waals surface area contributed by atoms with Crippen LogP contribution in [0.1, 0.15) is 100.0 Å². The van der Waals surface area contributed by atoms with Crippen molar-refractivity contribution < 1.29 is 0 Å². The zero-order chi connectivity index (χ0) is 27.2. The van der Waals surface area contributed by atoms with Crippen molar-refractivity contribution in [2.24, 2.45) is 13.0 Å². The number of imidazole rings is 1. The molecule has 0 spiro atoms. The van der Waals surface area contributed by atoms with Gasteiger partial charge >= 0.3 is 0 Å². The first-order valence-corrected chi connectivity index (χ1v) is 14.2. The number of fused-ring (bicyclic) bond motifs is 2. The Bertz CT molecular complexity index is 1310. The summed E-state index contributed by atoms with van der Waals surface area (Å²) in [6.07, 6.45) is 10.7. The largest absolute Gasteiger partial charge is 0.336 e. The van der Waals surface area contributed by atoms with Crippen LogP contribution in [0, 0.1) is 12.8 Å². The van der Waals surface area contributed by atoms with Crippen molar-refractivity contribution in [2.75, 3.05) is 13.1 Å². The highest BCUT2D eigenvalue weighted by atomic mass is 15.2. The quantitative estimate of drug-likeness (QED) is 0.421. The van der Waals surface area contributed by atoms with Gasteiger partial charge in [0.2, 0.25) is 0 Å². The molecular formula is C33H45N5. The molecule has 1 saturated heterocycles.